The predicted molar refractivity (Wildman–Crippen MR) is 132 cm³/mol. The molecule has 1 saturated heterocycles. The second-order valence-corrected chi connectivity index (χ2v) is 8.85. The van der Waals surface area contributed by atoms with E-state index >= 15 is 0 Å². The number of fused-ring (bicyclic) bond motifs is 3. The van der Waals surface area contributed by atoms with Gasteiger partial charge in [-0.05, 0) is 47.4 Å². The molecule has 5 rings (SSSR count). The van der Waals surface area contributed by atoms with E-state index in [0.717, 1.165) is 74.4 Å². The Hall–Kier alpha value is -2.73. The minimum Gasteiger partial charge on any atom is -0.379 e. The Balaban J connectivity index is 1.39. The van der Waals surface area contributed by atoms with Crippen LogP contribution in [0.15, 0.2) is 54.6 Å². The molecule has 1 aliphatic rings. The molecule has 1 unspecified atom stereocenters. The van der Waals surface area contributed by atoms with Crippen LogP contribution in [0.2, 0.25) is 0 Å². The standard InChI is InChI=1S/C27H32N4O/c1-2-3-4-24(28)26-12-10-22-23-17-21(9-11-25(23)29-27(22)30-26)20-7-5-19(6-8-20)18-31-13-15-32-16-14-31/h5-12,17,24H,2-4,13-16,18,28H2,1H3,(H,29,30). The molecule has 2 aromatic carbocycles. The largest absolute Gasteiger partial charge is 0.379 e. The molecule has 3 heterocycles. The van der Waals surface area contributed by atoms with Crippen molar-refractivity contribution in [1.29, 1.82) is 0 Å². The van der Waals surface area contributed by atoms with E-state index in [9.17, 15) is 0 Å². The molecule has 0 saturated carbocycles. The number of rotatable bonds is 7. The number of hydrogen-bond acceptors (Lipinski definition) is 4. The zero-order valence-corrected chi connectivity index (χ0v) is 18.8. The first-order chi connectivity index (χ1) is 15.7. The number of aromatic amines is 1. The summed E-state index contributed by atoms with van der Waals surface area (Å²) >= 11 is 0. The Labute approximate surface area is 189 Å². The van der Waals surface area contributed by atoms with Gasteiger partial charge in [0.05, 0.1) is 18.9 Å². The summed E-state index contributed by atoms with van der Waals surface area (Å²) in [4.78, 5) is 10.8. The van der Waals surface area contributed by atoms with Gasteiger partial charge in [0.1, 0.15) is 5.65 Å². The number of unbranched alkanes of at least 4 members (excludes halogenated alkanes) is 1. The number of nitrogens with two attached hydrogens (primary N) is 1. The fourth-order valence-electron chi connectivity index (χ4n) is 4.57. The van der Waals surface area contributed by atoms with Gasteiger partial charge in [-0.2, -0.15) is 0 Å². The highest BCUT2D eigenvalue weighted by Crippen LogP contribution is 2.30. The van der Waals surface area contributed by atoms with E-state index < -0.39 is 0 Å². The van der Waals surface area contributed by atoms with Gasteiger partial charge < -0.3 is 15.5 Å². The zero-order valence-electron chi connectivity index (χ0n) is 18.8. The quantitative estimate of drug-likeness (QED) is 0.413. The van der Waals surface area contributed by atoms with Crippen molar-refractivity contribution in [3.05, 3.63) is 65.9 Å². The van der Waals surface area contributed by atoms with Crippen LogP contribution in [-0.4, -0.2) is 41.2 Å². The molecule has 1 atom stereocenters. The maximum atomic E-state index is 6.35. The van der Waals surface area contributed by atoms with Crippen molar-refractivity contribution in [3.63, 3.8) is 0 Å². The Morgan fingerprint density at radius 2 is 1.78 bits per heavy atom. The van der Waals surface area contributed by atoms with Crippen LogP contribution in [0.5, 0.6) is 0 Å². The van der Waals surface area contributed by atoms with Gasteiger partial charge in [-0.1, -0.05) is 50.1 Å². The first-order valence-electron chi connectivity index (χ1n) is 11.8. The molecule has 32 heavy (non-hydrogen) atoms. The number of nitrogens with one attached hydrogen (secondary N) is 1. The first-order valence-corrected chi connectivity index (χ1v) is 11.8. The molecule has 166 valence electrons. The average Bonchev–Trinajstić information content (AvgIpc) is 3.20. The van der Waals surface area contributed by atoms with Crippen molar-refractivity contribution >= 4 is 21.9 Å². The summed E-state index contributed by atoms with van der Waals surface area (Å²) in [7, 11) is 0. The van der Waals surface area contributed by atoms with Crippen LogP contribution in [-0.2, 0) is 11.3 Å². The normalized spacial score (nSPS) is 16.1. The average molecular weight is 429 g/mol. The Bertz CT molecular complexity index is 1190. The van der Waals surface area contributed by atoms with Gasteiger partial charge in [0.25, 0.3) is 0 Å². The number of H-pyrrole nitrogens is 1. The second-order valence-electron chi connectivity index (χ2n) is 8.85. The molecule has 1 fully saturated rings. The number of aromatic nitrogens is 2. The third-order valence-electron chi connectivity index (χ3n) is 6.53. The summed E-state index contributed by atoms with van der Waals surface area (Å²) in [6.45, 7) is 6.87. The lowest BCUT2D eigenvalue weighted by molar-refractivity contribution is 0.0342. The lowest BCUT2D eigenvalue weighted by Gasteiger charge is -2.26. The minimum absolute atomic E-state index is 0.00250. The van der Waals surface area contributed by atoms with Crippen LogP contribution < -0.4 is 5.73 Å². The highest BCUT2D eigenvalue weighted by molar-refractivity contribution is 6.07. The van der Waals surface area contributed by atoms with E-state index in [1.165, 1.54) is 22.1 Å². The zero-order chi connectivity index (χ0) is 21.9. The van der Waals surface area contributed by atoms with Gasteiger partial charge in [0.2, 0.25) is 0 Å². The van der Waals surface area contributed by atoms with Crippen molar-refractivity contribution in [2.24, 2.45) is 5.73 Å². The molecule has 5 heteroatoms. The van der Waals surface area contributed by atoms with Gasteiger partial charge >= 0.3 is 0 Å². The van der Waals surface area contributed by atoms with Gasteiger partial charge in [-0.3, -0.25) is 4.90 Å². The van der Waals surface area contributed by atoms with E-state index in [0.29, 0.717) is 0 Å². The summed E-state index contributed by atoms with van der Waals surface area (Å²) in [5.74, 6) is 0. The van der Waals surface area contributed by atoms with E-state index in [4.69, 9.17) is 15.5 Å². The van der Waals surface area contributed by atoms with Gasteiger partial charge in [0, 0.05) is 42.0 Å². The summed E-state index contributed by atoms with van der Waals surface area (Å²) in [5.41, 5.74) is 13.2. The van der Waals surface area contributed by atoms with Crippen LogP contribution in [0.3, 0.4) is 0 Å². The van der Waals surface area contributed by atoms with Crippen molar-refractivity contribution in [2.45, 2.75) is 38.8 Å². The molecule has 4 aromatic rings. The number of hydrogen-bond donors (Lipinski definition) is 2. The van der Waals surface area contributed by atoms with E-state index in [1.54, 1.807) is 0 Å². The maximum absolute atomic E-state index is 6.35. The smallest absolute Gasteiger partial charge is 0.138 e. The van der Waals surface area contributed by atoms with Gasteiger partial charge in [-0.25, -0.2) is 4.98 Å². The van der Waals surface area contributed by atoms with Crippen molar-refractivity contribution in [3.8, 4) is 11.1 Å². The highest BCUT2D eigenvalue weighted by atomic mass is 16.5. The predicted octanol–water partition coefficient (Wildman–Crippen LogP) is 5.41. The fraction of sp³-hybridized carbons (Fsp3) is 0.370. The number of nitrogens with zero attached hydrogens (tertiary/aromatic N) is 2. The molecule has 0 spiro atoms. The van der Waals surface area contributed by atoms with Crippen molar-refractivity contribution in [1.82, 2.24) is 14.9 Å². The Morgan fingerprint density at radius 1 is 1.00 bits per heavy atom. The van der Waals surface area contributed by atoms with Crippen LogP contribution in [0.4, 0.5) is 0 Å². The number of morpholine rings is 1. The lowest BCUT2D eigenvalue weighted by Crippen LogP contribution is -2.35. The van der Waals surface area contributed by atoms with Gasteiger partial charge in [-0.15, -0.1) is 0 Å². The number of ether oxygens (including phenoxy) is 1. The van der Waals surface area contributed by atoms with E-state index in [2.05, 4.69) is 71.4 Å². The third-order valence-corrected chi connectivity index (χ3v) is 6.53. The fourth-order valence-corrected chi connectivity index (χ4v) is 4.57. The van der Waals surface area contributed by atoms with E-state index in [-0.39, 0.29) is 6.04 Å². The van der Waals surface area contributed by atoms with Crippen LogP contribution in [0.25, 0.3) is 33.1 Å². The molecule has 1 aliphatic heterocycles. The summed E-state index contributed by atoms with van der Waals surface area (Å²) in [6, 6.07) is 19.8. The highest BCUT2D eigenvalue weighted by Gasteiger charge is 2.13. The van der Waals surface area contributed by atoms with Crippen LogP contribution >= 0.6 is 0 Å². The Kier molecular flexibility index (Phi) is 6.21. The Morgan fingerprint density at radius 3 is 2.56 bits per heavy atom. The summed E-state index contributed by atoms with van der Waals surface area (Å²) in [6.07, 6.45) is 3.25. The molecule has 3 N–H and O–H groups in total. The van der Waals surface area contributed by atoms with Crippen LogP contribution in [0, 0.1) is 0 Å². The topological polar surface area (TPSA) is 67.2 Å². The molecule has 0 aliphatic carbocycles. The molecular formula is C27H32N4O. The molecule has 0 radical (unpaired) electrons. The van der Waals surface area contributed by atoms with E-state index in [1.807, 2.05) is 0 Å². The monoisotopic (exact) mass is 428 g/mol. The first kappa shape index (κ1) is 21.1. The van der Waals surface area contributed by atoms with Gasteiger partial charge in [0.15, 0.2) is 0 Å². The van der Waals surface area contributed by atoms with Crippen molar-refractivity contribution < 1.29 is 4.74 Å². The third kappa shape index (κ3) is 4.42. The molecule has 0 amide bonds. The SMILES string of the molecule is CCCCC(N)c1ccc2c(n1)[nH]c1ccc(-c3ccc(CN4CCOCC4)cc3)cc12. The molecule has 5 nitrogen and oxygen atoms in total. The van der Waals surface area contributed by atoms with Crippen molar-refractivity contribution in [2.75, 3.05) is 26.3 Å². The number of benzene rings is 2. The molecule has 0 bridgehead atoms. The number of pyridine rings is 1. The van der Waals surface area contributed by atoms with Crippen LogP contribution in [0.1, 0.15) is 43.5 Å². The minimum atomic E-state index is -0.00250. The summed E-state index contributed by atoms with van der Waals surface area (Å²) in [5, 5.41) is 2.35. The lowest BCUT2D eigenvalue weighted by atomic mass is 10.0. The maximum Gasteiger partial charge on any atom is 0.138 e. The summed E-state index contributed by atoms with van der Waals surface area (Å²) < 4.78 is 5.45. The molecular weight excluding hydrogens is 396 g/mol. The molecule has 2 aromatic heterocycles. The second kappa shape index (κ2) is 9.41.